The Morgan fingerprint density at radius 3 is 2.70 bits per heavy atom. The standard InChI is InChI=1S/C18H19FN4O3S/c1-25-16-8-6-14(7-9-16)23-18(20-21-22-23)27-12-15(24)11-26-10-13-4-2-3-5-17(13)19/h2-9,15,24H,10-12H2,1H3/t15-/m1/s1. The molecule has 0 saturated carbocycles. The van der Waals surface area contributed by atoms with Crippen LogP contribution in [0.1, 0.15) is 5.56 Å². The van der Waals surface area contributed by atoms with Gasteiger partial charge in [0.15, 0.2) is 0 Å². The molecule has 1 N–H and O–H groups in total. The first kappa shape index (κ1) is 19.3. The van der Waals surface area contributed by atoms with Gasteiger partial charge in [0.1, 0.15) is 11.6 Å². The number of ether oxygens (including phenoxy) is 2. The first-order valence-corrected chi connectivity index (χ1v) is 9.20. The fourth-order valence-corrected chi connectivity index (χ4v) is 3.09. The predicted octanol–water partition coefficient (Wildman–Crippen LogP) is 2.48. The van der Waals surface area contributed by atoms with Gasteiger partial charge in [-0.3, -0.25) is 0 Å². The summed E-state index contributed by atoms with van der Waals surface area (Å²) in [5.41, 5.74) is 1.24. The lowest BCUT2D eigenvalue weighted by Crippen LogP contribution is -2.18. The van der Waals surface area contributed by atoms with Crippen LogP contribution in [0.25, 0.3) is 5.69 Å². The summed E-state index contributed by atoms with van der Waals surface area (Å²) in [5.74, 6) is 0.761. The molecule has 0 bridgehead atoms. The zero-order valence-corrected chi connectivity index (χ0v) is 15.5. The molecular weight excluding hydrogens is 371 g/mol. The lowest BCUT2D eigenvalue weighted by Gasteiger charge is -2.11. The van der Waals surface area contributed by atoms with Gasteiger partial charge >= 0.3 is 0 Å². The van der Waals surface area contributed by atoms with Gasteiger partial charge < -0.3 is 14.6 Å². The van der Waals surface area contributed by atoms with E-state index in [1.165, 1.54) is 17.8 Å². The van der Waals surface area contributed by atoms with Crippen molar-refractivity contribution in [2.45, 2.75) is 17.9 Å². The molecule has 9 heteroatoms. The number of aliphatic hydroxyl groups excluding tert-OH is 1. The molecule has 0 spiro atoms. The smallest absolute Gasteiger partial charge is 0.214 e. The second-order valence-electron chi connectivity index (χ2n) is 5.64. The van der Waals surface area contributed by atoms with Crippen molar-refractivity contribution < 1.29 is 19.0 Å². The fourth-order valence-electron chi connectivity index (χ4n) is 2.29. The van der Waals surface area contributed by atoms with E-state index in [2.05, 4.69) is 15.5 Å². The van der Waals surface area contributed by atoms with Gasteiger partial charge in [-0.15, -0.1) is 5.10 Å². The molecule has 0 saturated heterocycles. The predicted molar refractivity (Wildman–Crippen MR) is 98.5 cm³/mol. The molecule has 0 aliphatic rings. The van der Waals surface area contributed by atoms with Gasteiger partial charge in [-0.25, -0.2) is 4.39 Å². The van der Waals surface area contributed by atoms with Crippen molar-refractivity contribution >= 4 is 11.8 Å². The number of hydrogen-bond acceptors (Lipinski definition) is 7. The van der Waals surface area contributed by atoms with Gasteiger partial charge in [0.2, 0.25) is 5.16 Å². The van der Waals surface area contributed by atoms with Gasteiger partial charge in [-0.2, -0.15) is 4.68 Å². The Balaban J connectivity index is 1.50. The minimum atomic E-state index is -0.734. The number of benzene rings is 2. The molecule has 1 heterocycles. The van der Waals surface area contributed by atoms with E-state index in [0.29, 0.717) is 16.5 Å². The average molecular weight is 390 g/mol. The highest BCUT2D eigenvalue weighted by atomic mass is 32.2. The molecule has 0 aliphatic carbocycles. The summed E-state index contributed by atoms with van der Waals surface area (Å²) in [7, 11) is 1.60. The quantitative estimate of drug-likeness (QED) is 0.562. The Labute approximate surface area is 160 Å². The van der Waals surface area contributed by atoms with Crippen LogP contribution in [0, 0.1) is 5.82 Å². The third kappa shape index (κ3) is 5.25. The zero-order chi connectivity index (χ0) is 19.1. The van der Waals surface area contributed by atoms with Crippen molar-refractivity contribution in [1.29, 1.82) is 0 Å². The highest BCUT2D eigenvalue weighted by Gasteiger charge is 2.13. The average Bonchev–Trinajstić information content (AvgIpc) is 3.16. The minimum absolute atomic E-state index is 0.0887. The molecule has 3 rings (SSSR count). The Morgan fingerprint density at radius 2 is 1.96 bits per heavy atom. The SMILES string of the molecule is COc1ccc(-n2nnnc2SC[C@H](O)COCc2ccccc2F)cc1. The van der Waals surface area contributed by atoms with Gasteiger partial charge in [0, 0.05) is 11.3 Å². The molecule has 0 unspecified atom stereocenters. The van der Waals surface area contributed by atoms with Crippen molar-refractivity contribution in [1.82, 2.24) is 20.2 Å². The van der Waals surface area contributed by atoms with E-state index in [0.717, 1.165) is 11.4 Å². The fraction of sp³-hybridized carbons (Fsp3) is 0.278. The summed E-state index contributed by atoms with van der Waals surface area (Å²) in [6.45, 7) is 0.198. The molecule has 142 valence electrons. The highest BCUT2D eigenvalue weighted by molar-refractivity contribution is 7.99. The van der Waals surface area contributed by atoms with Crippen molar-refractivity contribution in [3.8, 4) is 11.4 Å². The molecular formula is C18H19FN4O3S. The van der Waals surface area contributed by atoms with Gasteiger partial charge in [0.25, 0.3) is 0 Å². The maximum absolute atomic E-state index is 13.5. The normalized spacial score (nSPS) is 12.1. The topological polar surface area (TPSA) is 82.3 Å². The number of tetrazole rings is 1. The number of hydrogen-bond donors (Lipinski definition) is 1. The molecule has 7 nitrogen and oxygen atoms in total. The van der Waals surface area contributed by atoms with E-state index in [1.807, 2.05) is 24.3 Å². The first-order valence-electron chi connectivity index (χ1n) is 8.22. The molecule has 1 aromatic heterocycles. The van der Waals surface area contributed by atoms with Crippen LogP contribution in [0.3, 0.4) is 0 Å². The molecule has 2 aromatic carbocycles. The zero-order valence-electron chi connectivity index (χ0n) is 14.7. The number of aliphatic hydroxyl groups is 1. The van der Waals surface area contributed by atoms with Crippen LogP contribution < -0.4 is 4.74 Å². The molecule has 3 aromatic rings. The number of rotatable bonds is 9. The Morgan fingerprint density at radius 1 is 1.19 bits per heavy atom. The number of methoxy groups -OCH3 is 1. The third-order valence-corrected chi connectivity index (χ3v) is 4.75. The Hall–Kier alpha value is -2.49. The summed E-state index contributed by atoms with van der Waals surface area (Å²) in [6.07, 6.45) is -0.734. The number of halogens is 1. The largest absolute Gasteiger partial charge is 0.497 e. The minimum Gasteiger partial charge on any atom is -0.497 e. The summed E-state index contributed by atoms with van der Waals surface area (Å²) in [4.78, 5) is 0. The van der Waals surface area contributed by atoms with Crippen LogP contribution in [-0.4, -0.2) is 50.9 Å². The van der Waals surface area contributed by atoms with E-state index in [-0.39, 0.29) is 19.0 Å². The van der Waals surface area contributed by atoms with Crippen molar-refractivity contribution in [3.05, 3.63) is 59.9 Å². The lowest BCUT2D eigenvalue weighted by atomic mass is 10.2. The highest BCUT2D eigenvalue weighted by Crippen LogP contribution is 2.21. The van der Waals surface area contributed by atoms with Crippen molar-refractivity contribution in [2.24, 2.45) is 0 Å². The number of aromatic nitrogens is 4. The first-order chi connectivity index (χ1) is 13.2. The summed E-state index contributed by atoms with van der Waals surface area (Å²) in [5, 5.41) is 22.3. The Bertz CT molecular complexity index is 860. The maximum Gasteiger partial charge on any atom is 0.214 e. The summed E-state index contributed by atoms with van der Waals surface area (Å²) >= 11 is 1.31. The van der Waals surface area contributed by atoms with Crippen molar-refractivity contribution in [3.63, 3.8) is 0 Å². The van der Waals surface area contributed by atoms with Gasteiger partial charge in [0.05, 0.1) is 32.1 Å². The number of nitrogens with zero attached hydrogens (tertiary/aromatic N) is 4. The maximum atomic E-state index is 13.5. The second kappa shape index (κ2) is 9.45. The summed E-state index contributed by atoms with van der Waals surface area (Å²) in [6, 6.07) is 13.7. The summed E-state index contributed by atoms with van der Waals surface area (Å²) < 4.78 is 25.6. The van der Waals surface area contributed by atoms with Gasteiger partial charge in [-0.05, 0) is 40.8 Å². The molecule has 0 aliphatic heterocycles. The Kier molecular flexibility index (Phi) is 6.74. The van der Waals surface area contributed by atoms with Crippen LogP contribution >= 0.6 is 11.8 Å². The van der Waals surface area contributed by atoms with Crippen LogP contribution in [0.2, 0.25) is 0 Å². The van der Waals surface area contributed by atoms with E-state index >= 15 is 0 Å². The number of thioether (sulfide) groups is 1. The van der Waals surface area contributed by atoms with Crippen LogP contribution in [0.5, 0.6) is 5.75 Å². The molecule has 1 atom stereocenters. The van der Waals surface area contributed by atoms with E-state index in [4.69, 9.17) is 9.47 Å². The lowest BCUT2D eigenvalue weighted by molar-refractivity contribution is 0.0386. The molecule has 0 fully saturated rings. The van der Waals surface area contributed by atoms with E-state index in [1.54, 1.807) is 30.0 Å². The molecule has 0 amide bonds. The van der Waals surface area contributed by atoms with E-state index < -0.39 is 6.10 Å². The van der Waals surface area contributed by atoms with Gasteiger partial charge in [-0.1, -0.05) is 30.0 Å². The van der Waals surface area contributed by atoms with E-state index in [9.17, 15) is 9.50 Å². The van der Waals surface area contributed by atoms with Crippen molar-refractivity contribution in [2.75, 3.05) is 19.5 Å². The van der Waals surface area contributed by atoms with Crippen LogP contribution in [0.15, 0.2) is 53.7 Å². The monoisotopic (exact) mass is 390 g/mol. The third-order valence-electron chi connectivity index (χ3n) is 3.69. The molecule has 0 radical (unpaired) electrons. The van der Waals surface area contributed by atoms with Crippen LogP contribution in [0.4, 0.5) is 4.39 Å². The second-order valence-corrected chi connectivity index (χ2v) is 6.63. The molecule has 27 heavy (non-hydrogen) atoms. The van der Waals surface area contributed by atoms with Crippen LogP contribution in [-0.2, 0) is 11.3 Å².